The molecule has 0 aliphatic carbocycles. The fraction of sp³-hybridized carbons (Fsp3) is 0.615. The zero-order valence-electron chi connectivity index (χ0n) is 10.7. The highest BCUT2D eigenvalue weighted by atomic mass is 16.5. The van der Waals surface area contributed by atoms with Crippen LogP contribution in [-0.2, 0) is 4.74 Å². The van der Waals surface area contributed by atoms with E-state index >= 15 is 0 Å². The van der Waals surface area contributed by atoms with Gasteiger partial charge in [0, 0.05) is 32.2 Å². The highest BCUT2D eigenvalue weighted by Gasteiger charge is 2.18. The van der Waals surface area contributed by atoms with Crippen LogP contribution in [0.3, 0.4) is 0 Å². The molecule has 1 N–H and O–H groups in total. The van der Waals surface area contributed by atoms with E-state index in [1.165, 1.54) is 11.1 Å². The van der Waals surface area contributed by atoms with Crippen LogP contribution in [0.2, 0.25) is 0 Å². The third kappa shape index (κ3) is 3.29. The summed E-state index contributed by atoms with van der Waals surface area (Å²) in [5, 5.41) is 3.38. The van der Waals surface area contributed by atoms with Gasteiger partial charge in [0.25, 0.3) is 0 Å². The first-order valence-corrected chi connectivity index (χ1v) is 5.77. The molecule has 2 unspecified atom stereocenters. The number of nitrogens with one attached hydrogen (secondary N) is 1. The van der Waals surface area contributed by atoms with Crippen molar-refractivity contribution in [2.45, 2.75) is 26.3 Å². The van der Waals surface area contributed by atoms with Crippen LogP contribution in [0, 0.1) is 12.8 Å². The maximum atomic E-state index is 5.13. The molecule has 0 aliphatic rings. The second-order valence-electron chi connectivity index (χ2n) is 4.26. The smallest absolute Gasteiger partial charge is 0.0465 e. The number of aryl methyl sites for hydroxylation is 1. The van der Waals surface area contributed by atoms with Crippen molar-refractivity contribution in [1.82, 2.24) is 10.3 Å². The van der Waals surface area contributed by atoms with Gasteiger partial charge in [0.1, 0.15) is 0 Å². The number of methoxy groups -OCH3 is 1. The Morgan fingerprint density at radius 1 is 1.50 bits per heavy atom. The zero-order valence-corrected chi connectivity index (χ0v) is 10.7. The normalized spacial score (nSPS) is 14.8. The number of aromatic nitrogens is 1. The first-order chi connectivity index (χ1) is 7.70. The SMILES string of the molecule is CNC(c1ccncc1C)C(C)CCOC. The summed E-state index contributed by atoms with van der Waals surface area (Å²) in [6.07, 6.45) is 4.84. The van der Waals surface area contributed by atoms with E-state index in [1.54, 1.807) is 7.11 Å². The Hall–Kier alpha value is -0.930. The van der Waals surface area contributed by atoms with E-state index in [0.717, 1.165) is 13.0 Å². The van der Waals surface area contributed by atoms with E-state index in [9.17, 15) is 0 Å². The molecule has 0 saturated carbocycles. The number of hydrogen-bond acceptors (Lipinski definition) is 3. The molecule has 1 aromatic heterocycles. The van der Waals surface area contributed by atoms with Gasteiger partial charge in [0.2, 0.25) is 0 Å². The Labute approximate surface area is 98.2 Å². The molecule has 0 aliphatic heterocycles. The molecule has 0 spiro atoms. The van der Waals surface area contributed by atoms with Crippen molar-refractivity contribution in [1.29, 1.82) is 0 Å². The number of rotatable bonds is 6. The Morgan fingerprint density at radius 3 is 2.81 bits per heavy atom. The molecule has 3 nitrogen and oxygen atoms in total. The Kier molecular flexibility index (Phi) is 5.43. The second-order valence-corrected chi connectivity index (χ2v) is 4.26. The van der Waals surface area contributed by atoms with Crippen molar-refractivity contribution in [2.75, 3.05) is 20.8 Å². The van der Waals surface area contributed by atoms with E-state index in [2.05, 4.69) is 30.2 Å². The van der Waals surface area contributed by atoms with Gasteiger partial charge in [-0.3, -0.25) is 4.98 Å². The van der Waals surface area contributed by atoms with Crippen molar-refractivity contribution in [2.24, 2.45) is 5.92 Å². The fourth-order valence-electron chi connectivity index (χ4n) is 2.05. The van der Waals surface area contributed by atoms with Crippen molar-refractivity contribution in [3.8, 4) is 0 Å². The number of nitrogens with zero attached hydrogens (tertiary/aromatic N) is 1. The summed E-state index contributed by atoms with van der Waals surface area (Å²) < 4.78 is 5.13. The molecule has 0 fully saturated rings. The van der Waals surface area contributed by atoms with Crippen molar-refractivity contribution >= 4 is 0 Å². The number of hydrogen-bond donors (Lipinski definition) is 1. The third-order valence-electron chi connectivity index (χ3n) is 3.06. The van der Waals surface area contributed by atoms with Crippen LogP contribution in [0.5, 0.6) is 0 Å². The van der Waals surface area contributed by atoms with Gasteiger partial charge in [-0.2, -0.15) is 0 Å². The summed E-state index contributed by atoms with van der Waals surface area (Å²) in [5.41, 5.74) is 2.58. The molecule has 0 bridgehead atoms. The van der Waals surface area contributed by atoms with Crippen LogP contribution in [0.1, 0.15) is 30.5 Å². The fourth-order valence-corrected chi connectivity index (χ4v) is 2.05. The highest BCUT2D eigenvalue weighted by molar-refractivity contribution is 5.25. The van der Waals surface area contributed by atoms with Crippen LogP contribution < -0.4 is 5.32 Å². The molecule has 90 valence electrons. The average Bonchev–Trinajstić information content (AvgIpc) is 2.30. The van der Waals surface area contributed by atoms with Crippen LogP contribution >= 0.6 is 0 Å². The van der Waals surface area contributed by atoms with Crippen LogP contribution in [0.25, 0.3) is 0 Å². The lowest BCUT2D eigenvalue weighted by atomic mass is 9.90. The minimum Gasteiger partial charge on any atom is -0.385 e. The molecule has 1 rings (SSSR count). The van der Waals surface area contributed by atoms with Gasteiger partial charge in [-0.15, -0.1) is 0 Å². The molecular formula is C13H22N2O. The van der Waals surface area contributed by atoms with Gasteiger partial charge >= 0.3 is 0 Å². The number of pyridine rings is 1. The Balaban J connectivity index is 2.77. The van der Waals surface area contributed by atoms with E-state index in [4.69, 9.17) is 4.74 Å². The van der Waals surface area contributed by atoms with E-state index < -0.39 is 0 Å². The summed E-state index contributed by atoms with van der Waals surface area (Å²) in [5.74, 6) is 0.547. The van der Waals surface area contributed by atoms with Crippen molar-refractivity contribution in [3.05, 3.63) is 29.6 Å². The minimum absolute atomic E-state index is 0.373. The van der Waals surface area contributed by atoms with Gasteiger partial charge < -0.3 is 10.1 Å². The molecule has 2 atom stereocenters. The van der Waals surface area contributed by atoms with E-state index in [-0.39, 0.29) is 0 Å². The van der Waals surface area contributed by atoms with Gasteiger partial charge in [0.15, 0.2) is 0 Å². The third-order valence-corrected chi connectivity index (χ3v) is 3.06. The Morgan fingerprint density at radius 2 is 2.25 bits per heavy atom. The zero-order chi connectivity index (χ0) is 12.0. The van der Waals surface area contributed by atoms with E-state index in [0.29, 0.717) is 12.0 Å². The lowest BCUT2D eigenvalue weighted by molar-refractivity contribution is 0.171. The van der Waals surface area contributed by atoms with Gasteiger partial charge in [-0.05, 0) is 43.5 Å². The van der Waals surface area contributed by atoms with Gasteiger partial charge in [-0.25, -0.2) is 0 Å². The second kappa shape index (κ2) is 6.61. The summed E-state index contributed by atoms with van der Waals surface area (Å²) in [7, 11) is 3.76. The lowest BCUT2D eigenvalue weighted by Gasteiger charge is -2.25. The predicted molar refractivity (Wildman–Crippen MR) is 66.4 cm³/mol. The number of ether oxygens (including phenoxy) is 1. The maximum absolute atomic E-state index is 5.13. The predicted octanol–water partition coefficient (Wildman–Crippen LogP) is 2.32. The van der Waals surface area contributed by atoms with Crippen LogP contribution in [0.15, 0.2) is 18.5 Å². The maximum Gasteiger partial charge on any atom is 0.0465 e. The van der Waals surface area contributed by atoms with Gasteiger partial charge in [0.05, 0.1) is 0 Å². The standard InChI is InChI=1S/C13H22N2O/c1-10(6-8-16-4)13(14-3)12-5-7-15-9-11(12)2/h5,7,9-10,13-14H,6,8H2,1-4H3. The van der Waals surface area contributed by atoms with Crippen LogP contribution in [-0.4, -0.2) is 25.7 Å². The topological polar surface area (TPSA) is 34.2 Å². The average molecular weight is 222 g/mol. The van der Waals surface area contributed by atoms with Crippen molar-refractivity contribution in [3.63, 3.8) is 0 Å². The first kappa shape index (κ1) is 13.1. The minimum atomic E-state index is 0.373. The molecule has 16 heavy (non-hydrogen) atoms. The largest absolute Gasteiger partial charge is 0.385 e. The summed E-state index contributed by atoms with van der Waals surface area (Å²) in [6.45, 7) is 5.17. The highest BCUT2D eigenvalue weighted by Crippen LogP contribution is 2.25. The molecular weight excluding hydrogens is 200 g/mol. The summed E-state index contributed by atoms with van der Waals surface area (Å²) in [4.78, 5) is 4.13. The molecule has 0 saturated heterocycles. The molecule has 1 heterocycles. The summed E-state index contributed by atoms with van der Waals surface area (Å²) in [6, 6.07) is 2.47. The molecule has 0 radical (unpaired) electrons. The monoisotopic (exact) mass is 222 g/mol. The lowest BCUT2D eigenvalue weighted by Crippen LogP contribution is -2.25. The van der Waals surface area contributed by atoms with E-state index in [1.807, 2.05) is 19.4 Å². The molecule has 0 aromatic carbocycles. The first-order valence-electron chi connectivity index (χ1n) is 5.77. The summed E-state index contributed by atoms with van der Waals surface area (Å²) >= 11 is 0. The molecule has 0 amide bonds. The van der Waals surface area contributed by atoms with Crippen molar-refractivity contribution < 1.29 is 4.74 Å². The Bertz CT molecular complexity index is 315. The quantitative estimate of drug-likeness (QED) is 0.802. The molecule has 3 heteroatoms. The van der Waals surface area contributed by atoms with Crippen LogP contribution in [0.4, 0.5) is 0 Å². The molecule has 1 aromatic rings. The van der Waals surface area contributed by atoms with Gasteiger partial charge in [-0.1, -0.05) is 6.92 Å².